The molecule has 0 aromatic heterocycles. The third kappa shape index (κ3) is 1.89. The first-order valence-electron chi connectivity index (χ1n) is 4.99. The predicted octanol–water partition coefficient (Wildman–Crippen LogP) is 0.929. The van der Waals surface area contributed by atoms with Crippen LogP contribution >= 0.6 is 0 Å². The predicted molar refractivity (Wildman–Crippen MR) is 56.6 cm³/mol. The van der Waals surface area contributed by atoms with Gasteiger partial charge in [-0.25, -0.2) is 0 Å². The molecule has 2 rings (SSSR count). The lowest BCUT2D eigenvalue weighted by molar-refractivity contribution is 0.382. The standard InChI is InChI=1S/C11H16N2O/c1-14-11-5-3-2-4-9(11)10-8-12-6-7-13-10/h2-5,10,12-13H,6-8H2,1H3. The third-order valence-electron chi connectivity index (χ3n) is 2.56. The highest BCUT2D eigenvalue weighted by Crippen LogP contribution is 2.24. The fraction of sp³-hybridized carbons (Fsp3) is 0.455. The Bertz CT molecular complexity index is 295. The van der Waals surface area contributed by atoms with Crippen LogP contribution in [0.1, 0.15) is 11.6 Å². The maximum atomic E-state index is 5.33. The van der Waals surface area contributed by atoms with E-state index in [0.717, 1.165) is 25.4 Å². The lowest BCUT2D eigenvalue weighted by Gasteiger charge is -2.26. The summed E-state index contributed by atoms with van der Waals surface area (Å²) >= 11 is 0. The maximum absolute atomic E-state index is 5.33. The fourth-order valence-corrected chi connectivity index (χ4v) is 1.83. The summed E-state index contributed by atoms with van der Waals surface area (Å²) in [5, 5.41) is 6.83. The lowest BCUT2D eigenvalue weighted by atomic mass is 10.0. The number of ether oxygens (including phenoxy) is 1. The van der Waals surface area contributed by atoms with E-state index in [1.165, 1.54) is 5.56 Å². The molecular formula is C11H16N2O. The second kappa shape index (κ2) is 4.44. The van der Waals surface area contributed by atoms with Gasteiger partial charge in [-0.1, -0.05) is 18.2 Å². The molecule has 14 heavy (non-hydrogen) atoms. The van der Waals surface area contributed by atoms with Gasteiger partial charge in [0.1, 0.15) is 5.75 Å². The molecule has 1 saturated heterocycles. The Labute approximate surface area is 84.5 Å². The Morgan fingerprint density at radius 3 is 2.86 bits per heavy atom. The van der Waals surface area contributed by atoms with Gasteiger partial charge in [-0.05, 0) is 6.07 Å². The van der Waals surface area contributed by atoms with Gasteiger partial charge >= 0.3 is 0 Å². The first-order chi connectivity index (χ1) is 6.92. The molecule has 3 nitrogen and oxygen atoms in total. The van der Waals surface area contributed by atoms with Crippen LogP contribution in [0.5, 0.6) is 5.75 Å². The summed E-state index contributed by atoms with van der Waals surface area (Å²) in [6.45, 7) is 3.04. The molecule has 0 radical (unpaired) electrons. The number of methoxy groups -OCH3 is 1. The van der Waals surface area contributed by atoms with Crippen molar-refractivity contribution in [1.29, 1.82) is 0 Å². The van der Waals surface area contributed by atoms with E-state index < -0.39 is 0 Å². The minimum absolute atomic E-state index is 0.375. The molecular weight excluding hydrogens is 176 g/mol. The number of rotatable bonds is 2. The van der Waals surface area contributed by atoms with Gasteiger partial charge in [-0.15, -0.1) is 0 Å². The smallest absolute Gasteiger partial charge is 0.123 e. The molecule has 1 aromatic carbocycles. The second-order valence-electron chi connectivity index (χ2n) is 3.45. The Kier molecular flexibility index (Phi) is 3.01. The minimum atomic E-state index is 0.375. The van der Waals surface area contributed by atoms with Crippen LogP contribution < -0.4 is 15.4 Å². The summed E-state index contributed by atoms with van der Waals surface area (Å²) < 4.78 is 5.33. The van der Waals surface area contributed by atoms with Crippen molar-refractivity contribution in [2.45, 2.75) is 6.04 Å². The van der Waals surface area contributed by atoms with Crippen molar-refractivity contribution in [2.24, 2.45) is 0 Å². The van der Waals surface area contributed by atoms with Crippen LogP contribution in [-0.4, -0.2) is 26.7 Å². The fourth-order valence-electron chi connectivity index (χ4n) is 1.83. The normalized spacial score (nSPS) is 21.9. The quantitative estimate of drug-likeness (QED) is 0.731. The van der Waals surface area contributed by atoms with Crippen LogP contribution in [0.3, 0.4) is 0 Å². The van der Waals surface area contributed by atoms with Crippen molar-refractivity contribution < 1.29 is 4.74 Å². The van der Waals surface area contributed by atoms with E-state index in [4.69, 9.17) is 4.74 Å². The average molecular weight is 192 g/mol. The molecule has 1 aliphatic rings. The molecule has 1 unspecified atom stereocenters. The van der Waals surface area contributed by atoms with Crippen molar-refractivity contribution in [1.82, 2.24) is 10.6 Å². The zero-order chi connectivity index (χ0) is 9.80. The highest BCUT2D eigenvalue weighted by atomic mass is 16.5. The van der Waals surface area contributed by atoms with Crippen LogP contribution in [-0.2, 0) is 0 Å². The highest BCUT2D eigenvalue weighted by Gasteiger charge is 2.17. The SMILES string of the molecule is COc1ccccc1C1CNCCN1. The van der Waals surface area contributed by atoms with Crippen molar-refractivity contribution in [3.8, 4) is 5.75 Å². The molecule has 1 fully saturated rings. The summed E-state index contributed by atoms with van der Waals surface area (Å²) in [5.41, 5.74) is 1.24. The average Bonchev–Trinajstić information content (AvgIpc) is 2.30. The Morgan fingerprint density at radius 1 is 1.29 bits per heavy atom. The summed E-state index contributed by atoms with van der Waals surface area (Å²) in [6.07, 6.45) is 0. The molecule has 3 heteroatoms. The number of para-hydroxylation sites is 1. The van der Waals surface area contributed by atoms with Gasteiger partial charge in [-0.3, -0.25) is 0 Å². The van der Waals surface area contributed by atoms with E-state index >= 15 is 0 Å². The molecule has 0 saturated carbocycles. The molecule has 0 spiro atoms. The second-order valence-corrected chi connectivity index (χ2v) is 3.45. The molecule has 0 aliphatic carbocycles. The summed E-state index contributed by atoms with van der Waals surface area (Å²) in [6, 6.07) is 8.54. The largest absolute Gasteiger partial charge is 0.496 e. The van der Waals surface area contributed by atoms with E-state index in [1.807, 2.05) is 18.2 Å². The molecule has 1 heterocycles. The van der Waals surface area contributed by atoms with Crippen molar-refractivity contribution >= 4 is 0 Å². The van der Waals surface area contributed by atoms with E-state index in [2.05, 4.69) is 16.7 Å². The number of hydrogen-bond acceptors (Lipinski definition) is 3. The van der Waals surface area contributed by atoms with Crippen molar-refractivity contribution in [3.63, 3.8) is 0 Å². The van der Waals surface area contributed by atoms with E-state index in [1.54, 1.807) is 7.11 Å². The Hall–Kier alpha value is -1.06. The molecule has 0 bridgehead atoms. The van der Waals surface area contributed by atoms with Gasteiger partial charge < -0.3 is 15.4 Å². The highest BCUT2D eigenvalue weighted by molar-refractivity contribution is 5.36. The molecule has 1 aromatic rings. The Balaban J connectivity index is 2.20. The molecule has 0 amide bonds. The van der Waals surface area contributed by atoms with E-state index in [0.29, 0.717) is 6.04 Å². The summed E-state index contributed by atoms with van der Waals surface area (Å²) in [7, 11) is 1.72. The minimum Gasteiger partial charge on any atom is -0.496 e. The number of hydrogen-bond donors (Lipinski definition) is 2. The molecule has 1 aliphatic heterocycles. The summed E-state index contributed by atoms with van der Waals surface area (Å²) in [5.74, 6) is 0.966. The van der Waals surface area contributed by atoms with Crippen LogP contribution in [0.15, 0.2) is 24.3 Å². The van der Waals surface area contributed by atoms with Gasteiger partial charge in [-0.2, -0.15) is 0 Å². The van der Waals surface area contributed by atoms with Crippen LogP contribution in [0.2, 0.25) is 0 Å². The van der Waals surface area contributed by atoms with Crippen LogP contribution in [0.4, 0.5) is 0 Å². The molecule has 1 atom stereocenters. The zero-order valence-electron chi connectivity index (χ0n) is 8.42. The van der Waals surface area contributed by atoms with Gasteiger partial charge in [0, 0.05) is 31.2 Å². The van der Waals surface area contributed by atoms with Gasteiger partial charge in [0.25, 0.3) is 0 Å². The van der Waals surface area contributed by atoms with Gasteiger partial charge in [0.2, 0.25) is 0 Å². The maximum Gasteiger partial charge on any atom is 0.123 e. The molecule has 76 valence electrons. The van der Waals surface area contributed by atoms with Gasteiger partial charge in [0.05, 0.1) is 7.11 Å². The third-order valence-corrected chi connectivity index (χ3v) is 2.56. The van der Waals surface area contributed by atoms with Crippen molar-refractivity contribution in [3.05, 3.63) is 29.8 Å². The number of piperazine rings is 1. The van der Waals surface area contributed by atoms with Crippen LogP contribution in [0, 0.1) is 0 Å². The van der Waals surface area contributed by atoms with E-state index in [9.17, 15) is 0 Å². The first kappa shape index (κ1) is 9.49. The number of nitrogens with one attached hydrogen (secondary N) is 2. The van der Waals surface area contributed by atoms with Gasteiger partial charge in [0.15, 0.2) is 0 Å². The first-order valence-corrected chi connectivity index (χ1v) is 4.99. The Morgan fingerprint density at radius 2 is 2.14 bits per heavy atom. The van der Waals surface area contributed by atoms with Crippen molar-refractivity contribution in [2.75, 3.05) is 26.7 Å². The monoisotopic (exact) mass is 192 g/mol. The zero-order valence-corrected chi connectivity index (χ0v) is 8.42. The summed E-state index contributed by atoms with van der Waals surface area (Å²) in [4.78, 5) is 0. The lowest BCUT2D eigenvalue weighted by Crippen LogP contribution is -2.42. The van der Waals surface area contributed by atoms with Crippen LogP contribution in [0.25, 0.3) is 0 Å². The number of benzene rings is 1. The molecule has 2 N–H and O–H groups in total. The van der Waals surface area contributed by atoms with E-state index in [-0.39, 0.29) is 0 Å². The topological polar surface area (TPSA) is 33.3 Å².